The fourth-order valence-corrected chi connectivity index (χ4v) is 3.85. The van der Waals surface area contributed by atoms with Crippen LogP contribution >= 0.6 is 11.6 Å². The third-order valence-electron chi connectivity index (χ3n) is 4.80. The SMILES string of the molecule is CC(NC(=O)C1CC2CCC1C2)c1ccc(Cl)cc1. The minimum absolute atomic E-state index is 0.0592. The minimum Gasteiger partial charge on any atom is -0.349 e. The van der Waals surface area contributed by atoms with Crippen LogP contribution in [0, 0.1) is 17.8 Å². The molecule has 2 saturated carbocycles. The van der Waals surface area contributed by atoms with Gasteiger partial charge in [0.15, 0.2) is 0 Å². The quantitative estimate of drug-likeness (QED) is 0.890. The van der Waals surface area contributed by atoms with Gasteiger partial charge in [0.2, 0.25) is 5.91 Å². The third kappa shape index (κ3) is 2.64. The highest BCUT2D eigenvalue weighted by molar-refractivity contribution is 6.30. The van der Waals surface area contributed by atoms with E-state index in [4.69, 9.17) is 11.6 Å². The molecule has 0 spiro atoms. The molecule has 4 atom stereocenters. The van der Waals surface area contributed by atoms with Gasteiger partial charge in [-0.15, -0.1) is 0 Å². The van der Waals surface area contributed by atoms with Crippen molar-refractivity contribution in [2.45, 2.75) is 38.6 Å². The second-order valence-electron chi connectivity index (χ2n) is 6.06. The van der Waals surface area contributed by atoms with Crippen LogP contribution in [0.1, 0.15) is 44.2 Å². The summed E-state index contributed by atoms with van der Waals surface area (Å²) in [5.41, 5.74) is 1.11. The van der Waals surface area contributed by atoms with Gasteiger partial charge in [0.05, 0.1) is 6.04 Å². The van der Waals surface area contributed by atoms with Gasteiger partial charge in [0.1, 0.15) is 0 Å². The number of benzene rings is 1. The summed E-state index contributed by atoms with van der Waals surface area (Å²) < 4.78 is 0. The molecule has 1 amide bonds. The predicted octanol–water partition coefficient (Wildman–Crippen LogP) is 3.95. The lowest BCUT2D eigenvalue weighted by atomic mass is 9.88. The summed E-state index contributed by atoms with van der Waals surface area (Å²) in [5, 5.41) is 3.89. The molecule has 1 aromatic rings. The summed E-state index contributed by atoms with van der Waals surface area (Å²) in [6.07, 6.45) is 4.95. The molecule has 0 radical (unpaired) electrons. The highest BCUT2D eigenvalue weighted by atomic mass is 35.5. The molecule has 2 bridgehead atoms. The van der Waals surface area contributed by atoms with Crippen LogP contribution in [0.15, 0.2) is 24.3 Å². The molecule has 0 aromatic heterocycles. The molecule has 2 fully saturated rings. The Morgan fingerprint density at radius 1 is 1.26 bits per heavy atom. The second-order valence-corrected chi connectivity index (χ2v) is 6.50. The fourth-order valence-electron chi connectivity index (χ4n) is 3.72. The van der Waals surface area contributed by atoms with Crippen molar-refractivity contribution in [1.29, 1.82) is 0 Å². The minimum atomic E-state index is 0.0592. The number of fused-ring (bicyclic) bond motifs is 2. The van der Waals surface area contributed by atoms with Gasteiger partial charge in [0, 0.05) is 10.9 Å². The Kier molecular flexibility index (Phi) is 3.53. The van der Waals surface area contributed by atoms with E-state index in [0.29, 0.717) is 5.92 Å². The van der Waals surface area contributed by atoms with Gasteiger partial charge in [-0.3, -0.25) is 4.79 Å². The summed E-state index contributed by atoms with van der Waals surface area (Å²) in [6.45, 7) is 2.04. The third-order valence-corrected chi connectivity index (χ3v) is 5.06. The summed E-state index contributed by atoms with van der Waals surface area (Å²) >= 11 is 5.88. The van der Waals surface area contributed by atoms with Crippen LogP contribution in [0.25, 0.3) is 0 Å². The fraction of sp³-hybridized carbons (Fsp3) is 0.562. The van der Waals surface area contributed by atoms with E-state index in [0.717, 1.165) is 22.9 Å². The van der Waals surface area contributed by atoms with Gasteiger partial charge in [-0.25, -0.2) is 0 Å². The molecule has 3 rings (SSSR count). The smallest absolute Gasteiger partial charge is 0.223 e. The molecule has 2 nitrogen and oxygen atoms in total. The first-order chi connectivity index (χ1) is 9.13. The van der Waals surface area contributed by atoms with Crippen LogP contribution in [0.4, 0.5) is 0 Å². The predicted molar refractivity (Wildman–Crippen MR) is 76.9 cm³/mol. The van der Waals surface area contributed by atoms with E-state index >= 15 is 0 Å². The Morgan fingerprint density at radius 2 is 2.00 bits per heavy atom. The average Bonchev–Trinajstić information content (AvgIpc) is 3.01. The monoisotopic (exact) mass is 277 g/mol. The van der Waals surface area contributed by atoms with Crippen molar-refractivity contribution < 1.29 is 4.79 Å². The Hall–Kier alpha value is -1.02. The summed E-state index contributed by atoms with van der Waals surface area (Å²) in [5.74, 6) is 1.96. The maximum absolute atomic E-state index is 12.3. The van der Waals surface area contributed by atoms with E-state index in [1.165, 1.54) is 19.3 Å². The molecule has 19 heavy (non-hydrogen) atoms. The molecule has 2 aliphatic carbocycles. The van der Waals surface area contributed by atoms with E-state index in [1.807, 2.05) is 31.2 Å². The van der Waals surface area contributed by atoms with E-state index < -0.39 is 0 Å². The molecule has 0 aliphatic heterocycles. The number of halogens is 1. The standard InChI is InChI=1S/C16H20ClNO/c1-10(12-4-6-14(17)7-5-12)18-16(19)15-9-11-2-3-13(15)8-11/h4-7,10-11,13,15H,2-3,8-9H2,1H3,(H,18,19). The second kappa shape index (κ2) is 5.16. The number of rotatable bonds is 3. The van der Waals surface area contributed by atoms with Gasteiger partial charge in [0.25, 0.3) is 0 Å². The summed E-state index contributed by atoms with van der Waals surface area (Å²) in [7, 11) is 0. The van der Waals surface area contributed by atoms with Gasteiger partial charge < -0.3 is 5.32 Å². The first kappa shape index (κ1) is 13.0. The van der Waals surface area contributed by atoms with Gasteiger partial charge >= 0.3 is 0 Å². The highest BCUT2D eigenvalue weighted by Gasteiger charge is 2.43. The van der Waals surface area contributed by atoms with Gasteiger partial charge in [-0.2, -0.15) is 0 Å². The molecule has 1 N–H and O–H groups in total. The molecular weight excluding hydrogens is 258 g/mol. The lowest BCUT2D eigenvalue weighted by Gasteiger charge is -2.23. The van der Waals surface area contributed by atoms with Crippen molar-refractivity contribution in [3.8, 4) is 0 Å². The lowest BCUT2D eigenvalue weighted by Crippen LogP contribution is -2.35. The Bertz CT molecular complexity index is 470. The zero-order chi connectivity index (χ0) is 13.4. The van der Waals surface area contributed by atoms with E-state index in [1.54, 1.807) is 0 Å². The van der Waals surface area contributed by atoms with Crippen molar-refractivity contribution in [3.63, 3.8) is 0 Å². The largest absolute Gasteiger partial charge is 0.349 e. The zero-order valence-corrected chi connectivity index (χ0v) is 12.0. The molecule has 3 heteroatoms. The Morgan fingerprint density at radius 3 is 2.58 bits per heavy atom. The normalized spacial score (nSPS) is 30.3. The topological polar surface area (TPSA) is 29.1 Å². The van der Waals surface area contributed by atoms with Crippen LogP contribution in [0.2, 0.25) is 5.02 Å². The van der Waals surface area contributed by atoms with Crippen molar-refractivity contribution in [2.24, 2.45) is 17.8 Å². The molecular formula is C16H20ClNO. The maximum Gasteiger partial charge on any atom is 0.223 e. The van der Waals surface area contributed by atoms with Crippen molar-refractivity contribution in [2.75, 3.05) is 0 Å². The molecule has 1 aromatic carbocycles. The number of carbonyl (C=O) groups excluding carboxylic acids is 1. The van der Waals surface area contributed by atoms with Crippen LogP contribution in [0.3, 0.4) is 0 Å². The van der Waals surface area contributed by atoms with E-state index in [2.05, 4.69) is 5.32 Å². The number of hydrogen-bond donors (Lipinski definition) is 1. The molecule has 0 heterocycles. The molecule has 0 saturated heterocycles. The van der Waals surface area contributed by atoms with E-state index in [-0.39, 0.29) is 17.9 Å². The molecule has 2 aliphatic rings. The molecule has 102 valence electrons. The summed E-state index contributed by atoms with van der Waals surface area (Å²) in [4.78, 5) is 12.3. The first-order valence-electron chi connectivity index (χ1n) is 7.19. The average molecular weight is 278 g/mol. The molecule has 4 unspecified atom stereocenters. The van der Waals surface area contributed by atoms with E-state index in [9.17, 15) is 4.79 Å². The number of carbonyl (C=O) groups is 1. The maximum atomic E-state index is 12.3. The zero-order valence-electron chi connectivity index (χ0n) is 11.2. The number of hydrogen-bond acceptors (Lipinski definition) is 1. The first-order valence-corrected chi connectivity index (χ1v) is 7.57. The number of nitrogens with one attached hydrogen (secondary N) is 1. The van der Waals surface area contributed by atoms with Gasteiger partial charge in [-0.1, -0.05) is 30.2 Å². The Labute approximate surface area is 119 Å². The van der Waals surface area contributed by atoms with Crippen molar-refractivity contribution in [1.82, 2.24) is 5.32 Å². The lowest BCUT2D eigenvalue weighted by molar-refractivity contribution is -0.127. The number of amides is 1. The summed E-state index contributed by atoms with van der Waals surface area (Å²) in [6, 6.07) is 7.76. The van der Waals surface area contributed by atoms with Crippen LogP contribution in [-0.4, -0.2) is 5.91 Å². The van der Waals surface area contributed by atoms with Crippen LogP contribution < -0.4 is 5.32 Å². The van der Waals surface area contributed by atoms with Crippen LogP contribution in [-0.2, 0) is 4.79 Å². The van der Waals surface area contributed by atoms with Crippen molar-refractivity contribution >= 4 is 17.5 Å². The van der Waals surface area contributed by atoms with Crippen molar-refractivity contribution in [3.05, 3.63) is 34.9 Å². The Balaban J connectivity index is 1.61. The van der Waals surface area contributed by atoms with Crippen LogP contribution in [0.5, 0.6) is 0 Å². The van der Waals surface area contributed by atoms with Gasteiger partial charge in [-0.05, 0) is 55.7 Å². The highest BCUT2D eigenvalue weighted by Crippen LogP contribution is 2.48.